The zero-order chi connectivity index (χ0) is 16.1. The van der Waals surface area contributed by atoms with E-state index in [1.54, 1.807) is 4.68 Å². The van der Waals surface area contributed by atoms with E-state index in [0.29, 0.717) is 32.0 Å². The van der Waals surface area contributed by atoms with Crippen molar-refractivity contribution in [2.45, 2.75) is 25.9 Å². The fourth-order valence-corrected chi connectivity index (χ4v) is 2.55. The van der Waals surface area contributed by atoms with Crippen LogP contribution in [0.1, 0.15) is 13.3 Å². The SMILES string of the molecule is CCn1nnnc1-c1cccc(NC(=O)CC2COCCN2)c1. The van der Waals surface area contributed by atoms with E-state index in [-0.39, 0.29) is 11.9 Å². The first kappa shape index (κ1) is 15.6. The van der Waals surface area contributed by atoms with E-state index in [0.717, 1.165) is 17.8 Å². The molecule has 23 heavy (non-hydrogen) atoms. The number of benzene rings is 1. The highest BCUT2D eigenvalue weighted by Crippen LogP contribution is 2.20. The molecule has 8 heteroatoms. The highest BCUT2D eigenvalue weighted by Gasteiger charge is 2.17. The summed E-state index contributed by atoms with van der Waals surface area (Å²) >= 11 is 0. The largest absolute Gasteiger partial charge is 0.378 e. The lowest BCUT2D eigenvalue weighted by molar-refractivity contribution is -0.117. The number of aryl methyl sites for hydroxylation is 1. The van der Waals surface area contributed by atoms with E-state index >= 15 is 0 Å². The number of amides is 1. The Kier molecular flexibility index (Phi) is 4.94. The van der Waals surface area contributed by atoms with E-state index in [1.165, 1.54) is 0 Å². The molecule has 0 radical (unpaired) electrons. The van der Waals surface area contributed by atoms with Crippen molar-refractivity contribution in [3.05, 3.63) is 24.3 Å². The molecule has 3 rings (SSSR count). The average molecular weight is 316 g/mol. The van der Waals surface area contributed by atoms with Crippen LogP contribution < -0.4 is 10.6 Å². The van der Waals surface area contributed by atoms with Crippen LogP contribution in [0, 0.1) is 0 Å². The summed E-state index contributed by atoms with van der Waals surface area (Å²) in [6.07, 6.45) is 0.386. The van der Waals surface area contributed by atoms with Crippen molar-refractivity contribution in [3.63, 3.8) is 0 Å². The summed E-state index contributed by atoms with van der Waals surface area (Å²) in [5, 5.41) is 17.8. The second kappa shape index (κ2) is 7.30. The first-order valence-corrected chi connectivity index (χ1v) is 7.74. The van der Waals surface area contributed by atoms with Crippen molar-refractivity contribution in [2.75, 3.05) is 25.1 Å². The number of tetrazole rings is 1. The maximum Gasteiger partial charge on any atom is 0.226 e. The van der Waals surface area contributed by atoms with E-state index < -0.39 is 0 Å². The van der Waals surface area contributed by atoms with E-state index in [4.69, 9.17) is 4.74 Å². The molecule has 1 aromatic heterocycles. The summed E-state index contributed by atoms with van der Waals surface area (Å²) in [5.41, 5.74) is 1.60. The number of carbonyl (C=O) groups is 1. The zero-order valence-corrected chi connectivity index (χ0v) is 13.0. The second-order valence-electron chi connectivity index (χ2n) is 5.38. The van der Waals surface area contributed by atoms with Gasteiger partial charge >= 0.3 is 0 Å². The molecule has 1 unspecified atom stereocenters. The van der Waals surface area contributed by atoms with Crippen molar-refractivity contribution in [1.29, 1.82) is 0 Å². The Morgan fingerprint density at radius 2 is 2.43 bits per heavy atom. The molecule has 0 spiro atoms. The van der Waals surface area contributed by atoms with Crippen LogP contribution in [-0.4, -0.2) is 51.9 Å². The van der Waals surface area contributed by atoms with Gasteiger partial charge in [-0.2, -0.15) is 0 Å². The van der Waals surface area contributed by atoms with Gasteiger partial charge in [0.05, 0.1) is 13.2 Å². The van der Waals surface area contributed by atoms with Crippen molar-refractivity contribution in [1.82, 2.24) is 25.5 Å². The zero-order valence-electron chi connectivity index (χ0n) is 13.0. The topological polar surface area (TPSA) is 94.0 Å². The number of nitrogens with one attached hydrogen (secondary N) is 2. The van der Waals surface area contributed by atoms with Gasteiger partial charge in [-0.25, -0.2) is 4.68 Å². The van der Waals surface area contributed by atoms with Crippen molar-refractivity contribution in [2.24, 2.45) is 0 Å². The third-order valence-corrected chi connectivity index (χ3v) is 3.67. The minimum absolute atomic E-state index is 0.0415. The summed E-state index contributed by atoms with van der Waals surface area (Å²) in [6, 6.07) is 7.60. The molecule has 2 N–H and O–H groups in total. The smallest absolute Gasteiger partial charge is 0.226 e. The Morgan fingerprint density at radius 1 is 1.52 bits per heavy atom. The van der Waals surface area contributed by atoms with Gasteiger partial charge in [0.25, 0.3) is 0 Å². The number of hydrogen-bond donors (Lipinski definition) is 2. The Labute approximate surface area is 134 Å². The monoisotopic (exact) mass is 316 g/mol. The first-order valence-electron chi connectivity index (χ1n) is 7.74. The van der Waals surface area contributed by atoms with Gasteiger partial charge in [-0.1, -0.05) is 12.1 Å². The second-order valence-corrected chi connectivity index (χ2v) is 5.38. The normalized spacial score (nSPS) is 17.9. The van der Waals surface area contributed by atoms with Gasteiger partial charge in [-0.15, -0.1) is 5.10 Å². The molecule has 1 aliphatic rings. The lowest BCUT2D eigenvalue weighted by Crippen LogP contribution is -2.43. The number of ether oxygens (including phenoxy) is 1. The standard InChI is InChI=1S/C15H20N6O2/c1-2-21-15(18-19-20-21)11-4-3-5-12(8-11)17-14(22)9-13-10-23-7-6-16-13/h3-5,8,13,16H,2,6-7,9-10H2,1H3,(H,17,22). The quantitative estimate of drug-likeness (QED) is 0.842. The van der Waals surface area contributed by atoms with Crippen molar-refractivity contribution < 1.29 is 9.53 Å². The molecule has 1 amide bonds. The molecule has 0 aliphatic carbocycles. The van der Waals surface area contributed by atoms with Crippen LogP contribution in [0.25, 0.3) is 11.4 Å². The van der Waals surface area contributed by atoms with Gasteiger partial charge < -0.3 is 15.4 Å². The molecule has 1 atom stereocenters. The number of hydrogen-bond acceptors (Lipinski definition) is 6. The average Bonchev–Trinajstić information content (AvgIpc) is 3.04. The van der Waals surface area contributed by atoms with Crippen LogP contribution in [0.2, 0.25) is 0 Å². The fourth-order valence-electron chi connectivity index (χ4n) is 2.55. The molecular weight excluding hydrogens is 296 g/mol. The minimum atomic E-state index is -0.0415. The highest BCUT2D eigenvalue weighted by molar-refractivity contribution is 5.91. The van der Waals surface area contributed by atoms with Gasteiger partial charge in [-0.3, -0.25) is 4.79 Å². The Bertz CT molecular complexity index is 665. The Hall–Kier alpha value is -2.32. The van der Waals surface area contributed by atoms with Crippen LogP contribution in [0.15, 0.2) is 24.3 Å². The summed E-state index contributed by atoms with van der Waals surface area (Å²) in [4.78, 5) is 12.1. The minimum Gasteiger partial charge on any atom is -0.378 e. The first-order chi connectivity index (χ1) is 11.3. The van der Waals surface area contributed by atoms with Crippen molar-refractivity contribution >= 4 is 11.6 Å². The molecule has 1 saturated heterocycles. The number of anilines is 1. The molecule has 122 valence electrons. The number of aromatic nitrogens is 4. The van der Waals surface area contributed by atoms with Crippen molar-refractivity contribution in [3.8, 4) is 11.4 Å². The number of carbonyl (C=O) groups excluding carboxylic acids is 1. The molecule has 2 heterocycles. The van der Waals surface area contributed by atoms with Crippen LogP contribution >= 0.6 is 0 Å². The number of nitrogens with zero attached hydrogens (tertiary/aromatic N) is 4. The summed E-state index contributed by atoms with van der Waals surface area (Å²) in [7, 11) is 0. The molecule has 1 aromatic carbocycles. The molecular formula is C15H20N6O2. The molecule has 8 nitrogen and oxygen atoms in total. The molecule has 0 bridgehead atoms. The Balaban J connectivity index is 1.66. The van der Waals surface area contributed by atoms with E-state index in [9.17, 15) is 4.79 Å². The molecule has 1 aliphatic heterocycles. The van der Waals surface area contributed by atoms with Gasteiger partial charge in [0.2, 0.25) is 5.91 Å². The molecule has 2 aromatic rings. The van der Waals surface area contributed by atoms with E-state index in [2.05, 4.69) is 26.2 Å². The van der Waals surface area contributed by atoms with Crippen LogP contribution in [0.4, 0.5) is 5.69 Å². The maximum atomic E-state index is 12.1. The van der Waals surface area contributed by atoms with Gasteiger partial charge in [0.15, 0.2) is 5.82 Å². The number of rotatable bonds is 5. The van der Waals surface area contributed by atoms with E-state index in [1.807, 2.05) is 31.2 Å². The maximum absolute atomic E-state index is 12.1. The highest BCUT2D eigenvalue weighted by atomic mass is 16.5. The lowest BCUT2D eigenvalue weighted by Gasteiger charge is -2.23. The summed E-state index contributed by atoms with van der Waals surface area (Å²) < 4.78 is 7.07. The van der Waals surface area contributed by atoms with Gasteiger partial charge in [0.1, 0.15) is 0 Å². The predicted molar refractivity (Wildman–Crippen MR) is 84.8 cm³/mol. The summed E-state index contributed by atoms with van der Waals surface area (Å²) in [5.74, 6) is 0.645. The predicted octanol–water partition coefficient (Wildman–Crippen LogP) is 0.677. The van der Waals surface area contributed by atoms with Crippen LogP contribution in [0.3, 0.4) is 0 Å². The molecule has 0 saturated carbocycles. The third-order valence-electron chi connectivity index (χ3n) is 3.67. The van der Waals surface area contributed by atoms with Gasteiger partial charge in [-0.05, 0) is 29.5 Å². The van der Waals surface area contributed by atoms with Crippen LogP contribution in [0.5, 0.6) is 0 Å². The van der Waals surface area contributed by atoms with Crippen LogP contribution in [-0.2, 0) is 16.1 Å². The van der Waals surface area contributed by atoms with Gasteiger partial charge in [0, 0.05) is 36.8 Å². The third kappa shape index (κ3) is 3.91. The number of morpholine rings is 1. The fraction of sp³-hybridized carbons (Fsp3) is 0.467. The Morgan fingerprint density at radius 3 is 3.22 bits per heavy atom. The molecule has 1 fully saturated rings. The lowest BCUT2D eigenvalue weighted by atomic mass is 10.1. The summed E-state index contributed by atoms with van der Waals surface area (Å²) in [6.45, 7) is 4.72.